The largest absolute Gasteiger partial charge is 0.337 e. The quantitative estimate of drug-likeness (QED) is 0.434. The summed E-state index contributed by atoms with van der Waals surface area (Å²) in [6.07, 6.45) is 0. The van der Waals surface area contributed by atoms with Crippen LogP contribution in [-0.4, -0.2) is 62.6 Å². The van der Waals surface area contributed by atoms with E-state index in [1.54, 1.807) is 24.3 Å². The topological polar surface area (TPSA) is 86.8 Å². The van der Waals surface area contributed by atoms with Crippen LogP contribution in [0.4, 0.5) is 0 Å². The fourth-order valence-corrected chi connectivity index (χ4v) is 4.61. The van der Waals surface area contributed by atoms with Crippen LogP contribution in [-0.2, 0) is 16.6 Å². The Hall–Kier alpha value is -2.55. The van der Waals surface area contributed by atoms with E-state index in [1.807, 2.05) is 4.90 Å². The zero-order chi connectivity index (χ0) is 25.3. The predicted molar refractivity (Wildman–Crippen MR) is 135 cm³/mol. The Kier molecular flexibility index (Phi) is 10.4. The normalized spacial score (nSPS) is 11.7. The number of Topliss-reactive ketones (excluding diaryl/α,β-unsaturated/α-hetero) is 1. The number of nitrogens with zero attached hydrogens (tertiary/aromatic N) is 2. The molecule has 2 rings (SSSR count). The molecule has 2 aromatic carbocycles. The molecule has 0 aliphatic rings. The van der Waals surface area contributed by atoms with Crippen LogP contribution in [0, 0.1) is 5.92 Å². The highest BCUT2D eigenvalue weighted by atomic mass is 32.2. The van der Waals surface area contributed by atoms with Crippen LogP contribution in [0.5, 0.6) is 0 Å². The fraction of sp³-hybridized carbons (Fsp3) is 0.462. The van der Waals surface area contributed by atoms with E-state index in [9.17, 15) is 18.0 Å². The summed E-state index contributed by atoms with van der Waals surface area (Å²) in [6, 6.07) is 12.9. The van der Waals surface area contributed by atoms with E-state index in [0.29, 0.717) is 30.1 Å². The maximum absolute atomic E-state index is 13.1. The molecular weight excluding hydrogens is 450 g/mol. The Labute approximate surface area is 204 Å². The number of likely N-dealkylation sites (N-methyl/N-ethyl adjacent to an activating group) is 1. The highest BCUT2D eigenvalue weighted by molar-refractivity contribution is 7.89. The van der Waals surface area contributed by atoms with Crippen LogP contribution >= 0.6 is 0 Å². The second-order valence-corrected chi connectivity index (χ2v) is 10.5. The second kappa shape index (κ2) is 12.8. The summed E-state index contributed by atoms with van der Waals surface area (Å²) in [5.41, 5.74) is 1.80. The van der Waals surface area contributed by atoms with Gasteiger partial charge in [-0.05, 0) is 55.8 Å². The van der Waals surface area contributed by atoms with Gasteiger partial charge < -0.3 is 9.80 Å². The molecule has 0 atom stereocenters. The van der Waals surface area contributed by atoms with Crippen LogP contribution in [0.25, 0.3) is 0 Å². The van der Waals surface area contributed by atoms with E-state index < -0.39 is 10.0 Å². The summed E-state index contributed by atoms with van der Waals surface area (Å²) in [4.78, 5) is 28.8. The Balaban J connectivity index is 2.04. The zero-order valence-electron chi connectivity index (χ0n) is 20.9. The third kappa shape index (κ3) is 8.04. The number of sulfonamides is 1. The lowest BCUT2D eigenvalue weighted by atomic mass is 10.1. The molecule has 0 radical (unpaired) electrons. The number of carbonyl (C=O) groups is 2. The number of ketones is 1. The minimum atomic E-state index is -3.72. The first-order chi connectivity index (χ1) is 16.1. The Bertz CT molecular complexity index is 1040. The van der Waals surface area contributed by atoms with E-state index in [4.69, 9.17) is 0 Å². The van der Waals surface area contributed by atoms with Crippen molar-refractivity contribution in [2.45, 2.75) is 46.1 Å². The van der Waals surface area contributed by atoms with Crippen molar-refractivity contribution in [3.8, 4) is 0 Å². The van der Waals surface area contributed by atoms with E-state index >= 15 is 0 Å². The van der Waals surface area contributed by atoms with Gasteiger partial charge in [0.25, 0.3) is 5.91 Å². The second-order valence-electron chi connectivity index (χ2n) is 8.77. The fourth-order valence-electron chi connectivity index (χ4n) is 3.60. The number of rotatable bonds is 13. The van der Waals surface area contributed by atoms with Gasteiger partial charge in [-0.2, -0.15) is 0 Å². The van der Waals surface area contributed by atoms with Gasteiger partial charge in [0.2, 0.25) is 10.0 Å². The van der Waals surface area contributed by atoms with Gasteiger partial charge in [-0.3, -0.25) is 9.59 Å². The summed E-state index contributed by atoms with van der Waals surface area (Å²) in [5.74, 6) is 0.226. The minimum absolute atomic E-state index is 0.0152. The molecule has 0 aromatic heterocycles. The average Bonchev–Trinajstić information content (AvgIpc) is 2.82. The lowest BCUT2D eigenvalue weighted by molar-refractivity contribution is 0.0716. The smallest absolute Gasteiger partial charge is 0.253 e. The third-order valence-corrected chi connectivity index (χ3v) is 7.11. The SMILES string of the molecule is CCN(CC)CCN(CC(C)C)C(=O)c1ccc(CNS(=O)(=O)c2ccc(C(C)=O)cc2)cc1. The molecule has 2 aromatic rings. The average molecular weight is 488 g/mol. The van der Waals surface area contributed by atoms with Crippen LogP contribution in [0.1, 0.15) is 60.9 Å². The first-order valence-electron chi connectivity index (χ1n) is 11.8. The summed E-state index contributed by atoms with van der Waals surface area (Å²) >= 11 is 0. The number of benzene rings is 2. The van der Waals surface area contributed by atoms with Gasteiger partial charge in [0.1, 0.15) is 0 Å². The predicted octanol–water partition coefficient (Wildman–Crippen LogP) is 3.81. The molecule has 186 valence electrons. The van der Waals surface area contributed by atoms with Crippen molar-refractivity contribution in [2.24, 2.45) is 5.92 Å². The first-order valence-corrected chi connectivity index (χ1v) is 13.3. The van der Waals surface area contributed by atoms with Crippen molar-refractivity contribution < 1.29 is 18.0 Å². The van der Waals surface area contributed by atoms with E-state index in [2.05, 4.69) is 37.3 Å². The van der Waals surface area contributed by atoms with Crippen molar-refractivity contribution in [1.29, 1.82) is 0 Å². The number of hydrogen-bond acceptors (Lipinski definition) is 5. The molecule has 0 saturated carbocycles. The molecule has 0 saturated heterocycles. The lowest BCUT2D eigenvalue weighted by Crippen LogP contribution is -2.40. The number of hydrogen-bond donors (Lipinski definition) is 1. The van der Waals surface area contributed by atoms with Crippen LogP contribution in [0.3, 0.4) is 0 Å². The molecule has 0 heterocycles. The van der Waals surface area contributed by atoms with Crippen molar-refractivity contribution in [3.63, 3.8) is 0 Å². The standard InChI is InChI=1S/C26H37N3O4S/c1-6-28(7-2)16-17-29(19-20(3)4)26(31)24-10-8-22(9-11-24)18-27-34(32,33)25-14-12-23(13-15-25)21(5)30/h8-15,20,27H,6-7,16-19H2,1-5H3. The first kappa shape index (κ1) is 27.7. The van der Waals surface area contributed by atoms with Crippen molar-refractivity contribution in [1.82, 2.24) is 14.5 Å². The molecule has 0 bridgehead atoms. The van der Waals surface area contributed by atoms with Crippen LogP contribution in [0.2, 0.25) is 0 Å². The third-order valence-electron chi connectivity index (χ3n) is 5.69. The molecule has 1 N–H and O–H groups in total. The highest BCUT2D eigenvalue weighted by Crippen LogP contribution is 2.14. The zero-order valence-corrected chi connectivity index (χ0v) is 21.7. The van der Waals surface area contributed by atoms with Crippen LogP contribution < -0.4 is 4.72 Å². The van der Waals surface area contributed by atoms with Crippen molar-refractivity contribution in [2.75, 3.05) is 32.7 Å². The van der Waals surface area contributed by atoms with E-state index in [1.165, 1.54) is 31.2 Å². The van der Waals surface area contributed by atoms with Gasteiger partial charge in [0.05, 0.1) is 4.90 Å². The highest BCUT2D eigenvalue weighted by Gasteiger charge is 2.18. The monoisotopic (exact) mass is 487 g/mol. The molecule has 1 amide bonds. The maximum Gasteiger partial charge on any atom is 0.253 e. The molecule has 34 heavy (non-hydrogen) atoms. The molecule has 0 spiro atoms. The van der Waals surface area contributed by atoms with Gasteiger partial charge in [-0.15, -0.1) is 0 Å². The van der Waals surface area contributed by atoms with Gasteiger partial charge in [-0.25, -0.2) is 13.1 Å². The van der Waals surface area contributed by atoms with Gasteiger partial charge in [0.15, 0.2) is 5.78 Å². The summed E-state index contributed by atoms with van der Waals surface area (Å²) in [7, 11) is -3.72. The summed E-state index contributed by atoms with van der Waals surface area (Å²) in [6.45, 7) is 14.1. The molecule has 0 fully saturated rings. The van der Waals surface area contributed by atoms with Crippen molar-refractivity contribution >= 4 is 21.7 Å². The van der Waals surface area contributed by atoms with Crippen molar-refractivity contribution in [3.05, 3.63) is 65.2 Å². The van der Waals surface area contributed by atoms with Gasteiger partial charge >= 0.3 is 0 Å². The number of nitrogens with one attached hydrogen (secondary N) is 1. The minimum Gasteiger partial charge on any atom is -0.337 e. The maximum atomic E-state index is 13.1. The summed E-state index contributed by atoms with van der Waals surface area (Å²) < 4.78 is 27.7. The molecular formula is C26H37N3O4S. The molecule has 0 unspecified atom stereocenters. The Morgan fingerprint density at radius 1 is 0.882 bits per heavy atom. The Morgan fingerprint density at radius 3 is 1.94 bits per heavy atom. The Morgan fingerprint density at radius 2 is 1.44 bits per heavy atom. The molecule has 7 nitrogen and oxygen atoms in total. The number of amides is 1. The van der Waals surface area contributed by atoms with Gasteiger partial charge in [0, 0.05) is 37.3 Å². The lowest BCUT2D eigenvalue weighted by Gasteiger charge is -2.28. The van der Waals surface area contributed by atoms with Crippen LogP contribution in [0.15, 0.2) is 53.4 Å². The van der Waals surface area contributed by atoms with E-state index in [0.717, 1.165) is 25.2 Å². The molecule has 0 aliphatic carbocycles. The van der Waals surface area contributed by atoms with E-state index in [-0.39, 0.29) is 23.1 Å². The molecule has 8 heteroatoms. The number of carbonyl (C=O) groups excluding carboxylic acids is 2. The van der Waals surface area contributed by atoms with Gasteiger partial charge in [-0.1, -0.05) is 52.0 Å². The summed E-state index contributed by atoms with van der Waals surface area (Å²) in [5, 5.41) is 0. The molecule has 0 aliphatic heterocycles.